The molecule has 0 atom stereocenters. The number of hydrogen-bond donors (Lipinski definition) is 0. The van der Waals surface area contributed by atoms with E-state index in [9.17, 15) is 4.39 Å². The second-order valence-electron chi connectivity index (χ2n) is 2.04. The Morgan fingerprint density at radius 1 is 1.45 bits per heavy atom. The standard InChI is InChI=1S/C6H3BrFN3/c7-6-10-9-5-3-4(8)1-2-11(5)6/h1-3H. The van der Waals surface area contributed by atoms with Crippen LogP contribution >= 0.6 is 15.9 Å². The van der Waals surface area contributed by atoms with Crippen LogP contribution in [0.15, 0.2) is 23.1 Å². The second-order valence-corrected chi connectivity index (χ2v) is 2.75. The number of fused-ring (bicyclic) bond motifs is 1. The summed E-state index contributed by atoms with van der Waals surface area (Å²) >= 11 is 3.16. The summed E-state index contributed by atoms with van der Waals surface area (Å²) in [5.74, 6) is -0.308. The maximum atomic E-state index is 12.5. The molecule has 11 heavy (non-hydrogen) atoms. The lowest BCUT2D eigenvalue weighted by Crippen LogP contribution is -1.84. The number of rotatable bonds is 0. The quantitative estimate of drug-likeness (QED) is 0.669. The fraction of sp³-hybridized carbons (Fsp3) is 0. The number of nitrogens with zero attached hydrogens (tertiary/aromatic N) is 3. The van der Waals surface area contributed by atoms with Crippen LogP contribution in [0.25, 0.3) is 5.65 Å². The molecule has 0 radical (unpaired) electrons. The fourth-order valence-electron chi connectivity index (χ4n) is 0.837. The zero-order chi connectivity index (χ0) is 7.84. The number of aromatic nitrogens is 3. The smallest absolute Gasteiger partial charge is 0.204 e. The van der Waals surface area contributed by atoms with E-state index in [0.717, 1.165) is 0 Å². The van der Waals surface area contributed by atoms with Gasteiger partial charge in [-0.15, -0.1) is 10.2 Å². The van der Waals surface area contributed by atoms with Crippen molar-refractivity contribution in [2.45, 2.75) is 0 Å². The minimum absolute atomic E-state index is 0.308. The molecule has 0 unspecified atom stereocenters. The van der Waals surface area contributed by atoms with Gasteiger partial charge in [0.15, 0.2) is 5.65 Å². The van der Waals surface area contributed by atoms with Crippen molar-refractivity contribution in [2.75, 3.05) is 0 Å². The van der Waals surface area contributed by atoms with E-state index in [-0.39, 0.29) is 5.82 Å². The molecule has 0 bridgehead atoms. The summed E-state index contributed by atoms with van der Waals surface area (Å²) in [6.45, 7) is 0. The first-order valence-electron chi connectivity index (χ1n) is 2.93. The lowest BCUT2D eigenvalue weighted by molar-refractivity contribution is 0.626. The molecule has 56 valence electrons. The molecule has 0 saturated heterocycles. The summed E-state index contributed by atoms with van der Waals surface area (Å²) in [5, 5.41) is 7.40. The fourth-order valence-corrected chi connectivity index (χ4v) is 1.22. The Kier molecular flexibility index (Phi) is 1.38. The highest BCUT2D eigenvalue weighted by Crippen LogP contribution is 2.09. The molecule has 0 spiro atoms. The Bertz CT molecular complexity index is 398. The summed E-state index contributed by atoms with van der Waals surface area (Å²) < 4.78 is 14.8. The average Bonchev–Trinajstić information content (AvgIpc) is 2.32. The van der Waals surface area contributed by atoms with Gasteiger partial charge in [-0.05, 0) is 22.0 Å². The molecule has 0 amide bonds. The van der Waals surface area contributed by atoms with Crippen molar-refractivity contribution in [1.29, 1.82) is 0 Å². The predicted octanol–water partition coefficient (Wildman–Crippen LogP) is 1.63. The maximum Gasteiger partial charge on any atom is 0.204 e. The van der Waals surface area contributed by atoms with E-state index in [1.54, 1.807) is 10.6 Å². The second kappa shape index (κ2) is 2.27. The Morgan fingerprint density at radius 3 is 3.09 bits per heavy atom. The highest BCUT2D eigenvalue weighted by atomic mass is 79.9. The molecule has 0 aromatic carbocycles. The van der Waals surface area contributed by atoms with Crippen LogP contribution in [0.3, 0.4) is 0 Å². The van der Waals surface area contributed by atoms with Gasteiger partial charge in [0.2, 0.25) is 4.73 Å². The summed E-state index contributed by atoms with van der Waals surface area (Å²) in [5.41, 5.74) is 0.497. The highest BCUT2D eigenvalue weighted by Gasteiger charge is 2.00. The summed E-state index contributed by atoms with van der Waals surface area (Å²) in [6.07, 6.45) is 1.56. The summed E-state index contributed by atoms with van der Waals surface area (Å²) in [4.78, 5) is 0. The average molecular weight is 216 g/mol. The molecule has 2 heterocycles. The Morgan fingerprint density at radius 2 is 2.27 bits per heavy atom. The van der Waals surface area contributed by atoms with Crippen molar-refractivity contribution >= 4 is 21.6 Å². The number of hydrogen-bond acceptors (Lipinski definition) is 2. The molecule has 0 N–H and O–H groups in total. The molecule has 2 rings (SSSR count). The van der Waals surface area contributed by atoms with Gasteiger partial charge in [0, 0.05) is 12.3 Å². The molecule has 0 saturated carbocycles. The first-order valence-corrected chi connectivity index (χ1v) is 3.72. The van der Waals surface area contributed by atoms with Gasteiger partial charge < -0.3 is 0 Å². The minimum atomic E-state index is -0.308. The molecule has 0 aliphatic carbocycles. The van der Waals surface area contributed by atoms with Crippen LogP contribution in [0.2, 0.25) is 0 Å². The van der Waals surface area contributed by atoms with Gasteiger partial charge in [-0.1, -0.05) is 0 Å². The largest absolute Gasteiger partial charge is 0.277 e. The van der Waals surface area contributed by atoms with Crippen molar-refractivity contribution in [1.82, 2.24) is 14.6 Å². The predicted molar refractivity (Wildman–Crippen MR) is 40.6 cm³/mol. The van der Waals surface area contributed by atoms with Crippen LogP contribution < -0.4 is 0 Å². The molecular weight excluding hydrogens is 213 g/mol. The van der Waals surface area contributed by atoms with Crippen LogP contribution in [0, 0.1) is 5.82 Å². The van der Waals surface area contributed by atoms with E-state index in [1.165, 1.54) is 12.1 Å². The van der Waals surface area contributed by atoms with Gasteiger partial charge in [0.25, 0.3) is 0 Å². The van der Waals surface area contributed by atoms with Gasteiger partial charge in [-0.3, -0.25) is 4.40 Å². The SMILES string of the molecule is Fc1ccn2c(Br)nnc2c1. The molecular formula is C6H3BrFN3. The third-order valence-corrected chi connectivity index (χ3v) is 1.87. The third-order valence-electron chi connectivity index (χ3n) is 1.33. The van der Waals surface area contributed by atoms with Crippen LogP contribution in [0.4, 0.5) is 4.39 Å². The molecule has 2 aromatic heterocycles. The number of pyridine rings is 1. The van der Waals surface area contributed by atoms with Gasteiger partial charge >= 0.3 is 0 Å². The Labute approximate surface area is 70.0 Å². The molecule has 5 heteroatoms. The van der Waals surface area contributed by atoms with Crippen LogP contribution in [-0.2, 0) is 0 Å². The minimum Gasteiger partial charge on any atom is -0.277 e. The van der Waals surface area contributed by atoms with Crippen molar-refractivity contribution in [3.63, 3.8) is 0 Å². The molecule has 3 nitrogen and oxygen atoms in total. The van der Waals surface area contributed by atoms with E-state index < -0.39 is 0 Å². The van der Waals surface area contributed by atoms with E-state index in [2.05, 4.69) is 26.1 Å². The normalized spacial score (nSPS) is 10.7. The maximum absolute atomic E-state index is 12.5. The molecule has 0 aliphatic heterocycles. The third kappa shape index (κ3) is 1.01. The van der Waals surface area contributed by atoms with Gasteiger partial charge in [-0.25, -0.2) is 4.39 Å². The molecule has 0 fully saturated rings. The zero-order valence-electron chi connectivity index (χ0n) is 5.33. The van der Waals surface area contributed by atoms with Crippen LogP contribution in [0.1, 0.15) is 0 Å². The monoisotopic (exact) mass is 215 g/mol. The van der Waals surface area contributed by atoms with Crippen molar-refractivity contribution in [2.24, 2.45) is 0 Å². The van der Waals surface area contributed by atoms with Crippen LogP contribution in [0.5, 0.6) is 0 Å². The Hall–Kier alpha value is -0.970. The van der Waals surface area contributed by atoms with E-state index in [4.69, 9.17) is 0 Å². The summed E-state index contributed by atoms with van der Waals surface area (Å²) in [7, 11) is 0. The lowest BCUT2D eigenvalue weighted by atomic mass is 10.4. The Balaban J connectivity index is 2.86. The lowest BCUT2D eigenvalue weighted by Gasteiger charge is -1.90. The first kappa shape index (κ1) is 6.72. The van der Waals surface area contributed by atoms with Gasteiger partial charge in [0.1, 0.15) is 5.82 Å². The van der Waals surface area contributed by atoms with Gasteiger partial charge in [0.05, 0.1) is 0 Å². The summed E-state index contributed by atoms with van der Waals surface area (Å²) in [6, 6.07) is 2.67. The van der Waals surface area contributed by atoms with Crippen molar-refractivity contribution < 1.29 is 4.39 Å². The van der Waals surface area contributed by atoms with E-state index in [1.807, 2.05) is 0 Å². The molecule has 0 aliphatic rings. The first-order chi connectivity index (χ1) is 5.27. The van der Waals surface area contributed by atoms with Crippen molar-refractivity contribution in [3.8, 4) is 0 Å². The zero-order valence-corrected chi connectivity index (χ0v) is 6.92. The topological polar surface area (TPSA) is 30.2 Å². The van der Waals surface area contributed by atoms with Gasteiger partial charge in [-0.2, -0.15) is 0 Å². The molecule has 2 aromatic rings. The van der Waals surface area contributed by atoms with Crippen molar-refractivity contribution in [3.05, 3.63) is 28.9 Å². The van der Waals surface area contributed by atoms with Crippen LogP contribution in [-0.4, -0.2) is 14.6 Å². The van der Waals surface area contributed by atoms with E-state index in [0.29, 0.717) is 10.4 Å². The van der Waals surface area contributed by atoms with E-state index >= 15 is 0 Å². The number of halogens is 2. The highest BCUT2D eigenvalue weighted by molar-refractivity contribution is 9.10.